The summed E-state index contributed by atoms with van der Waals surface area (Å²) in [6.45, 7) is 5.83. The van der Waals surface area contributed by atoms with Crippen LogP contribution < -0.4 is 9.64 Å². The van der Waals surface area contributed by atoms with Gasteiger partial charge in [-0.25, -0.2) is 8.78 Å². The van der Waals surface area contributed by atoms with Crippen LogP contribution in [0.2, 0.25) is 0 Å². The number of piperidine rings is 1. The van der Waals surface area contributed by atoms with Crippen LogP contribution in [0.1, 0.15) is 56.8 Å². The number of alkyl halides is 2. The summed E-state index contributed by atoms with van der Waals surface area (Å²) in [5.74, 6) is 1.12. The van der Waals surface area contributed by atoms with Crippen LogP contribution in [-0.4, -0.2) is 59.7 Å². The van der Waals surface area contributed by atoms with Gasteiger partial charge in [0.25, 0.3) is 5.92 Å². The van der Waals surface area contributed by atoms with E-state index in [2.05, 4.69) is 28.9 Å². The third kappa shape index (κ3) is 5.76. The van der Waals surface area contributed by atoms with Crippen molar-refractivity contribution in [3.05, 3.63) is 35.7 Å². The zero-order valence-corrected chi connectivity index (χ0v) is 20.5. The minimum atomic E-state index is -2.72. The molecule has 1 aliphatic carbocycles. The minimum absolute atomic E-state index is 0.143. The Morgan fingerprint density at radius 1 is 1.20 bits per heavy atom. The molecule has 35 heavy (non-hydrogen) atoms. The molecular weight excluding hydrogens is 454 g/mol. The standard InChI is InChI=1S/C26H34F2N4O3/c1-17(2)24-29-25(35-30-24)31-10-7-19(8-11-31)22-14-20(22)9-12-34-21-5-3-18(4-6-21)13-23(33)32-15-26(27,28)16-32/h3-6,17,19-20,22H,7-16H2,1-2H3/t20-,22-/m1/s1. The van der Waals surface area contributed by atoms with Crippen LogP contribution in [0.3, 0.4) is 0 Å². The van der Waals surface area contributed by atoms with Gasteiger partial charge in [0.15, 0.2) is 5.82 Å². The molecule has 1 amide bonds. The number of ether oxygens (including phenoxy) is 1. The summed E-state index contributed by atoms with van der Waals surface area (Å²) >= 11 is 0. The van der Waals surface area contributed by atoms with E-state index in [0.29, 0.717) is 12.6 Å². The fourth-order valence-electron chi connectivity index (χ4n) is 5.30. The van der Waals surface area contributed by atoms with Crippen molar-refractivity contribution in [2.24, 2.45) is 17.8 Å². The number of likely N-dealkylation sites (tertiary alicyclic amines) is 1. The quantitative estimate of drug-likeness (QED) is 0.516. The van der Waals surface area contributed by atoms with Crippen molar-refractivity contribution >= 4 is 11.9 Å². The number of carbonyl (C=O) groups excluding carboxylic acids is 1. The molecule has 0 N–H and O–H groups in total. The number of carbonyl (C=O) groups is 1. The maximum Gasteiger partial charge on any atom is 0.324 e. The topological polar surface area (TPSA) is 71.7 Å². The van der Waals surface area contributed by atoms with Crippen molar-refractivity contribution < 1.29 is 22.8 Å². The lowest BCUT2D eigenvalue weighted by atomic mass is 9.90. The number of benzene rings is 1. The number of hydrogen-bond acceptors (Lipinski definition) is 6. The van der Waals surface area contributed by atoms with Crippen LogP contribution in [0.15, 0.2) is 28.8 Å². The normalized spacial score (nSPS) is 23.9. The number of halogens is 2. The van der Waals surface area contributed by atoms with Gasteiger partial charge in [-0.3, -0.25) is 4.79 Å². The second-order valence-electron chi connectivity index (χ2n) is 10.6. The highest BCUT2D eigenvalue weighted by atomic mass is 19.3. The SMILES string of the molecule is CC(C)c1noc(N2CCC([C@H]3C[C@H]3CCOc3ccc(CC(=O)N4CC(F)(F)C4)cc3)CC2)n1. The molecule has 2 atom stereocenters. The predicted octanol–water partition coefficient (Wildman–Crippen LogP) is 4.53. The number of nitrogens with zero attached hydrogens (tertiary/aromatic N) is 4. The molecule has 3 aliphatic rings. The number of rotatable bonds is 9. The highest BCUT2D eigenvalue weighted by molar-refractivity contribution is 5.79. The summed E-state index contributed by atoms with van der Waals surface area (Å²) < 4.78 is 37.2. The Kier molecular flexibility index (Phi) is 6.68. The van der Waals surface area contributed by atoms with Gasteiger partial charge in [0.05, 0.1) is 26.1 Å². The van der Waals surface area contributed by atoms with Gasteiger partial charge in [-0.05, 0) is 61.1 Å². The fourth-order valence-corrected chi connectivity index (χ4v) is 5.30. The molecule has 0 spiro atoms. The Balaban J connectivity index is 0.986. The van der Waals surface area contributed by atoms with E-state index in [0.717, 1.165) is 67.2 Å². The van der Waals surface area contributed by atoms with Gasteiger partial charge in [-0.2, -0.15) is 4.98 Å². The molecule has 1 aromatic heterocycles. The molecule has 0 bridgehead atoms. The molecule has 2 saturated heterocycles. The number of hydrogen-bond donors (Lipinski definition) is 0. The summed E-state index contributed by atoms with van der Waals surface area (Å²) in [7, 11) is 0. The molecule has 3 fully saturated rings. The Labute approximate surface area is 204 Å². The highest BCUT2D eigenvalue weighted by Gasteiger charge is 2.46. The van der Waals surface area contributed by atoms with Crippen molar-refractivity contribution in [3.63, 3.8) is 0 Å². The first kappa shape index (κ1) is 24.0. The molecule has 0 unspecified atom stereocenters. The van der Waals surface area contributed by atoms with Gasteiger partial charge in [0.2, 0.25) is 5.91 Å². The van der Waals surface area contributed by atoms with E-state index in [1.165, 1.54) is 11.3 Å². The average Bonchev–Trinajstić information content (AvgIpc) is 3.41. The number of anilines is 1. The van der Waals surface area contributed by atoms with Crippen molar-refractivity contribution in [1.82, 2.24) is 15.0 Å². The summed E-state index contributed by atoms with van der Waals surface area (Å²) in [6.07, 6.45) is 4.80. The fraction of sp³-hybridized carbons (Fsp3) is 0.654. The van der Waals surface area contributed by atoms with E-state index in [-0.39, 0.29) is 18.2 Å². The summed E-state index contributed by atoms with van der Waals surface area (Å²) in [5, 5.41) is 4.08. The Morgan fingerprint density at radius 3 is 2.54 bits per heavy atom. The molecule has 2 aliphatic heterocycles. The first-order valence-corrected chi connectivity index (χ1v) is 12.7. The van der Waals surface area contributed by atoms with E-state index >= 15 is 0 Å². The van der Waals surface area contributed by atoms with E-state index in [1.54, 1.807) is 0 Å². The maximum atomic E-state index is 12.9. The van der Waals surface area contributed by atoms with Crippen LogP contribution in [0.25, 0.3) is 0 Å². The first-order valence-electron chi connectivity index (χ1n) is 12.7. The smallest absolute Gasteiger partial charge is 0.324 e. The Hall–Kier alpha value is -2.71. The second kappa shape index (κ2) is 9.74. The van der Waals surface area contributed by atoms with Crippen molar-refractivity contribution in [1.29, 1.82) is 0 Å². The van der Waals surface area contributed by atoms with Crippen LogP contribution in [0.4, 0.5) is 14.8 Å². The van der Waals surface area contributed by atoms with E-state index in [1.807, 2.05) is 24.3 Å². The number of amides is 1. The lowest BCUT2D eigenvalue weighted by molar-refractivity contribution is -0.165. The monoisotopic (exact) mass is 488 g/mol. The third-order valence-corrected chi connectivity index (χ3v) is 7.57. The van der Waals surface area contributed by atoms with E-state index in [4.69, 9.17) is 9.26 Å². The third-order valence-electron chi connectivity index (χ3n) is 7.57. The van der Waals surface area contributed by atoms with Crippen LogP contribution in [0.5, 0.6) is 5.75 Å². The Bertz CT molecular complexity index is 1010. The molecule has 5 rings (SSSR count). The van der Waals surface area contributed by atoms with Gasteiger partial charge in [0, 0.05) is 19.0 Å². The van der Waals surface area contributed by atoms with Gasteiger partial charge in [-0.1, -0.05) is 31.1 Å². The minimum Gasteiger partial charge on any atom is -0.494 e. The largest absolute Gasteiger partial charge is 0.494 e. The lowest BCUT2D eigenvalue weighted by Crippen LogP contribution is -2.58. The van der Waals surface area contributed by atoms with Crippen LogP contribution >= 0.6 is 0 Å². The highest BCUT2D eigenvalue weighted by Crippen LogP contribution is 2.50. The molecule has 1 saturated carbocycles. The predicted molar refractivity (Wildman–Crippen MR) is 127 cm³/mol. The summed E-state index contributed by atoms with van der Waals surface area (Å²) in [5.41, 5.74) is 0.812. The lowest BCUT2D eigenvalue weighted by Gasteiger charge is -2.38. The van der Waals surface area contributed by atoms with Crippen molar-refractivity contribution in [2.45, 2.75) is 57.8 Å². The molecule has 3 heterocycles. The molecule has 9 heteroatoms. The summed E-state index contributed by atoms with van der Waals surface area (Å²) in [6, 6.07) is 8.05. The van der Waals surface area contributed by atoms with Crippen LogP contribution in [-0.2, 0) is 11.2 Å². The van der Waals surface area contributed by atoms with Gasteiger partial charge in [0.1, 0.15) is 5.75 Å². The molecule has 1 aromatic carbocycles. The van der Waals surface area contributed by atoms with E-state index < -0.39 is 19.0 Å². The van der Waals surface area contributed by atoms with E-state index in [9.17, 15) is 13.6 Å². The molecule has 7 nitrogen and oxygen atoms in total. The zero-order chi connectivity index (χ0) is 24.6. The maximum absolute atomic E-state index is 12.9. The average molecular weight is 489 g/mol. The van der Waals surface area contributed by atoms with Crippen LogP contribution in [0, 0.1) is 17.8 Å². The van der Waals surface area contributed by atoms with Gasteiger partial charge < -0.3 is 19.1 Å². The molecule has 190 valence electrons. The van der Waals surface area contributed by atoms with Crippen molar-refractivity contribution in [2.75, 3.05) is 37.7 Å². The van der Waals surface area contributed by atoms with Crippen molar-refractivity contribution in [3.8, 4) is 5.75 Å². The molecule has 2 aromatic rings. The van der Waals surface area contributed by atoms with Gasteiger partial charge in [-0.15, -0.1) is 0 Å². The molecular formula is C26H34F2N4O3. The first-order chi connectivity index (χ1) is 16.8. The number of aromatic nitrogens is 2. The second-order valence-corrected chi connectivity index (χ2v) is 10.6. The van der Waals surface area contributed by atoms with Gasteiger partial charge >= 0.3 is 6.01 Å². The Morgan fingerprint density at radius 2 is 1.91 bits per heavy atom. The molecule has 0 radical (unpaired) electrons. The zero-order valence-electron chi connectivity index (χ0n) is 20.5. The summed E-state index contributed by atoms with van der Waals surface area (Å²) in [4.78, 5) is 20.0.